The number of nitrogens with zero attached hydrogens (tertiary/aromatic N) is 1. The van der Waals surface area contributed by atoms with E-state index in [4.69, 9.17) is 0 Å². The number of aliphatic hydroxyl groups is 1. The van der Waals surface area contributed by atoms with Crippen molar-refractivity contribution in [1.82, 2.24) is 4.90 Å². The smallest absolute Gasteiger partial charge is 0.227 e. The molecule has 1 aromatic carbocycles. The minimum atomic E-state index is -0.280. The van der Waals surface area contributed by atoms with Crippen molar-refractivity contribution in [2.45, 2.75) is 51.1 Å². The van der Waals surface area contributed by atoms with Gasteiger partial charge in [0, 0.05) is 17.5 Å². The maximum Gasteiger partial charge on any atom is 0.227 e. The Hall–Kier alpha value is -1.42. The minimum Gasteiger partial charge on any atom is -0.396 e. The molecule has 2 bridgehead atoms. The largest absolute Gasteiger partial charge is 0.396 e. The number of hydrogen-bond acceptors (Lipinski definition) is 2. The molecular formula is C17H22FNO2. The molecule has 0 radical (unpaired) electrons. The third kappa shape index (κ3) is 2.35. The van der Waals surface area contributed by atoms with E-state index in [-0.39, 0.29) is 35.8 Å². The van der Waals surface area contributed by atoms with Gasteiger partial charge in [-0.25, -0.2) is 4.39 Å². The lowest BCUT2D eigenvalue weighted by molar-refractivity contribution is -0.132. The summed E-state index contributed by atoms with van der Waals surface area (Å²) in [6.07, 6.45) is 4.18. The molecule has 0 unspecified atom stereocenters. The average Bonchev–Trinajstić information content (AvgIpc) is 3.05. The first kappa shape index (κ1) is 14.5. The normalized spacial score (nSPS) is 30.9. The fraction of sp³-hybridized carbons (Fsp3) is 0.588. The summed E-state index contributed by atoms with van der Waals surface area (Å²) in [5, 5.41) is 9.78. The van der Waals surface area contributed by atoms with Crippen LogP contribution in [0.4, 0.5) is 4.39 Å². The molecule has 0 saturated carbocycles. The van der Waals surface area contributed by atoms with E-state index in [1.807, 2.05) is 4.90 Å². The van der Waals surface area contributed by atoms with Gasteiger partial charge in [-0.2, -0.15) is 0 Å². The van der Waals surface area contributed by atoms with E-state index in [9.17, 15) is 14.3 Å². The monoisotopic (exact) mass is 291 g/mol. The highest BCUT2D eigenvalue weighted by atomic mass is 19.1. The van der Waals surface area contributed by atoms with Crippen molar-refractivity contribution < 1.29 is 14.3 Å². The van der Waals surface area contributed by atoms with E-state index in [2.05, 4.69) is 6.92 Å². The van der Waals surface area contributed by atoms with E-state index in [0.29, 0.717) is 6.42 Å². The Morgan fingerprint density at radius 2 is 2.10 bits per heavy atom. The summed E-state index contributed by atoms with van der Waals surface area (Å²) in [7, 11) is 0. The van der Waals surface area contributed by atoms with Crippen molar-refractivity contribution in [1.29, 1.82) is 0 Å². The Morgan fingerprint density at radius 1 is 1.38 bits per heavy atom. The van der Waals surface area contributed by atoms with Gasteiger partial charge in [0.15, 0.2) is 0 Å². The second kappa shape index (κ2) is 5.41. The highest BCUT2D eigenvalue weighted by Gasteiger charge is 2.55. The summed E-state index contributed by atoms with van der Waals surface area (Å²) in [5.74, 6) is -0.171. The molecule has 3 atom stereocenters. The summed E-state index contributed by atoms with van der Waals surface area (Å²) in [6, 6.07) is 6.58. The third-order valence-corrected chi connectivity index (χ3v) is 5.43. The lowest BCUT2D eigenvalue weighted by atomic mass is 9.72. The maximum absolute atomic E-state index is 12.9. The molecule has 1 aromatic rings. The highest BCUT2D eigenvalue weighted by molar-refractivity contribution is 5.80. The molecular weight excluding hydrogens is 269 g/mol. The van der Waals surface area contributed by atoms with E-state index in [1.54, 1.807) is 12.1 Å². The number of halogens is 1. The van der Waals surface area contributed by atoms with Crippen LogP contribution in [-0.4, -0.2) is 34.6 Å². The van der Waals surface area contributed by atoms with Crippen LogP contribution in [0.5, 0.6) is 0 Å². The van der Waals surface area contributed by atoms with Crippen LogP contribution in [0.2, 0.25) is 0 Å². The number of carbonyl (C=O) groups excluding carboxylic acids is 1. The molecule has 0 aromatic heterocycles. The fourth-order valence-corrected chi connectivity index (χ4v) is 4.20. The van der Waals surface area contributed by atoms with Gasteiger partial charge in [-0.3, -0.25) is 4.79 Å². The second-order valence-corrected chi connectivity index (χ2v) is 6.43. The predicted molar refractivity (Wildman–Crippen MR) is 78.2 cm³/mol. The number of benzene rings is 1. The van der Waals surface area contributed by atoms with Crippen molar-refractivity contribution in [2.24, 2.45) is 5.41 Å². The molecule has 2 saturated heterocycles. The molecule has 1 N–H and O–H groups in total. The maximum atomic E-state index is 12.9. The Labute approximate surface area is 124 Å². The van der Waals surface area contributed by atoms with Crippen molar-refractivity contribution in [2.75, 3.05) is 6.61 Å². The zero-order valence-electron chi connectivity index (χ0n) is 12.4. The molecule has 21 heavy (non-hydrogen) atoms. The van der Waals surface area contributed by atoms with Gasteiger partial charge in [0.2, 0.25) is 5.91 Å². The number of carbonyl (C=O) groups is 1. The van der Waals surface area contributed by atoms with Crippen LogP contribution < -0.4 is 0 Å². The molecule has 0 spiro atoms. The van der Waals surface area contributed by atoms with Crippen molar-refractivity contribution in [3.05, 3.63) is 35.6 Å². The SMILES string of the molecule is CC[C@@]1(CO)C[C@@H]2CC[C@H]1N2C(=O)Cc1ccc(F)cc1. The van der Waals surface area contributed by atoms with Gasteiger partial charge in [-0.1, -0.05) is 19.1 Å². The Kier molecular flexibility index (Phi) is 3.74. The topological polar surface area (TPSA) is 40.5 Å². The van der Waals surface area contributed by atoms with Crippen LogP contribution in [0.25, 0.3) is 0 Å². The second-order valence-electron chi connectivity index (χ2n) is 6.43. The van der Waals surface area contributed by atoms with Crippen LogP contribution in [0.1, 0.15) is 38.2 Å². The molecule has 4 heteroatoms. The minimum absolute atomic E-state index is 0.109. The number of amides is 1. The summed E-state index contributed by atoms with van der Waals surface area (Å²) in [4.78, 5) is 14.6. The molecule has 114 valence electrons. The van der Waals surface area contributed by atoms with Gasteiger partial charge in [-0.05, 0) is 43.4 Å². The number of hydrogen-bond donors (Lipinski definition) is 1. The van der Waals surface area contributed by atoms with Gasteiger partial charge in [0.25, 0.3) is 0 Å². The van der Waals surface area contributed by atoms with Gasteiger partial charge < -0.3 is 10.0 Å². The number of rotatable bonds is 4. The van der Waals surface area contributed by atoms with E-state index in [1.165, 1.54) is 12.1 Å². The van der Waals surface area contributed by atoms with E-state index < -0.39 is 0 Å². The van der Waals surface area contributed by atoms with Crippen LogP contribution in [-0.2, 0) is 11.2 Å². The lowest BCUT2D eigenvalue weighted by Crippen LogP contribution is -2.42. The first-order valence-electron chi connectivity index (χ1n) is 7.76. The van der Waals surface area contributed by atoms with Crippen LogP contribution in [0, 0.1) is 11.2 Å². The molecule has 2 heterocycles. The fourth-order valence-electron chi connectivity index (χ4n) is 4.20. The standard InChI is InChI=1S/C17H22FNO2/c1-2-17(11-20)10-14-7-8-15(17)19(14)16(21)9-12-3-5-13(18)6-4-12/h3-6,14-15,20H,2,7-11H2,1H3/t14-,15+,17-/m0/s1. The highest BCUT2D eigenvalue weighted by Crippen LogP contribution is 2.51. The van der Waals surface area contributed by atoms with Crippen LogP contribution >= 0.6 is 0 Å². The number of aliphatic hydroxyl groups excluding tert-OH is 1. The molecule has 0 aliphatic carbocycles. The van der Waals surface area contributed by atoms with Gasteiger partial charge >= 0.3 is 0 Å². The molecule has 1 amide bonds. The summed E-state index contributed by atoms with van der Waals surface area (Å²) in [5.41, 5.74) is 0.736. The van der Waals surface area contributed by atoms with E-state index in [0.717, 1.165) is 31.2 Å². The summed E-state index contributed by atoms with van der Waals surface area (Å²) >= 11 is 0. The Balaban J connectivity index is 1.75. The van der Waals surface area contributed by atoms with E-state index >= 15 is 0 Å². The summed E-state index contributed by atoms with van der Waals surface area (Å²) in [6.45, 7) is 2.25. The van der Waals surface area contributed by atoms with Crippen molar-refractivity contribution in [3.8, 4) is 0 Å². The molecule has 2 fully saturated rings. The third-order valence-electron chi connectivity index (χ3n) is 5.43. The van der Waals surface area contributed by atoms with Crippen molar-refractivity contribution in [3.63, 3.8) is 0 Å². The number of fused-ring (bicyclic) bond motifs is 2. The van der Waals surface area contributed by atoms with Crippen molar-refractivity contribution >= 4 is 5.91 Å². The first-order valence-corrected chi connectivity index (χ1v) is 7.76. The van der Waals surface area contributed by atoms with Crippen LogP contribution in [0.3, 0.4) is 0 Å². The van der Waals surface area contributed by atoms with Crippen LogP contribution in [0.15, 0.2) is 24.3 Å². The molecule has 2 aliphatic heterocycles. The zero-order valence-corrected chi connectivity index (χ0v) is 12.4. The predicted octanol–water partition coefficient (Wildman–Crippen LogP) is 2.52. The first-order chi connectivity index (χ1) is 10.1. The Bertz CT molecular complexity index is 524. The quantitative estimate of drug-likeness (QED) is 0.926. The Morgan fingerprint density at radius 3 is 2.67 bits per heavy atom. The molecule has 3 rings (SSSR count). The van der Waals surface area contributed by atoms with Gasteiger partial charge in [-0.15, -0.1) is 0 Å². The average molecular weight is 291 g/mol. The lowest BCUT2D eigenvalue weighted by Gasteiger charge is -2.34. The zero-order chi connectivity index (χ0) is 15.0. The van der Waals surface area contributed by atoms with Gasteiger partial charge in [0.05, 0.1) is 13.0 Å². The summed E-state index contributed by atoms with van der Waals surface area (Å²) < 4.78 is 12.9. The molecule has 3 nitrogen and oxygen atoms in total. The molecule has 2 aliphatic rings. The van der Waals surface area contributed by atoms with Gasteiger partial charge in [0.1, 0.15) is 5.82 Å².